The molecule has 1 aromatic rings. The molecule has 0 aliphatic carbocycles. The molecule has 1 nitrogen and oxygen atoms in total. The van der Waals surface area contributed by atoms with Gasteiger partial charge in [-0.2, -0.15) is 0 Å². The minimum atomic E-state index is 0.155. The van der Waals surface area contributed by atoms with Gasteiger partial charge in [-0.3, -0.25) is 0 Å². The van der Waals surface area contributed by atoms with Crippen LogP contribution in [0.2, 0.25) is 5.02 Å². The molecule has 1 rings (SSSR count). The first-order valence-electron chi connectivity index (χ1n) is 5.50. The summed E-state index contributed by atoms with van der Waals surface area (Å²) in [7, 11) is 0. The van der Waals surface area contributed by atoms with E-state index in [0.717, 1.165) is 22.3 Å². The first-order valence-corrected chi connectivity index (χ1v) is 6.67. The van der Waals surface area contributed by atoms with E-state index in [1.165, 1.54) is 5.56 Å². The van der Waals surface area contributed by atoms with Crippen molar-refractivity contribution < 1.29 is 0 Å². The molecule has 0 bridgehead atoms. The van der Waals surface area contributed by atoms with Crippen molar-refractivity contribution in [3.05, 3.63) is 33.3 Å². The molecule has 1 atom stereocenters. The highest BCUT2D eigenvalue weighted by atomic mass is 79.9. The summed E-state index contributed by atoms with van der Waals surface area (Å²) in [6.07, 6.45) is 1.90. The van der Waals surface area contributed by atoms with Gasteiger partial charge in [-0.15, -0.1) is 0 Å². The van der Waals surface area contributed by atoms with E-state index < -0.39 is 0 Å². The Bertz CT molecular complexity index is 357. The van der Waals surface area contributed by atoms with Crippen LogP contribution in [-0.2, 0) is 6.42 Å². The molecule has 3 heteroatoms. The third kappa shape index (κ3) is 4.08. The van der Waals surface area contributed by atoms with Gasteiger partial charge in [0, 0.05) is 15.5 Å². The number of hydrogen-bond donors (Lipinski definition) is 1. The standard InChI is InChI=1S/C13H19BrClN/c1-13(2,3)12(16)7-5-9-4-6-10(14)8-11(9)15/h4,6,8,12H,5,7,16H2,1-3H3. The molecule has 1 unspecified atom stereocenters. The van der Waals surface area contributed by atoms with E-state index in [1.54, 1.807) is 0 Å². The third-order valence-electron chi connectivity index (χ3n) is 2.85. The second-order valence-electron chi connectivity index (χ2n) is 5.25. The van der Waals surface area contributed by atoms with Gasteiger partial charge in [0.05, 0.1) is 0 Å². The zero-order valence-corrected chi connectivity index (χ0v) is 12.4. The van der Waals surface area contributed by atoms with E-state index in [0.29, 0.717) is 0 Å². The van der Waals surface area contributed by atoms with Crippen LogP contribution in [0.5, 0.6) is 0 Å². The van der Waals surface area contributed by atoms with Crippen molar-refractivity contribution in [2.24, 2.45) is 11.1 Å². The van der Waals surface area contributed by atoms with Crippen molar-refractivity contribution in [1.82, 2.24) is 0 Å². The quantitative estimate of drug-likeness (QED) is 0.879. The van der Waals surface area contributed by atoms with Gasteiger partial charge in [0.25, 0.3) is 0 Å². The van der Waals surface area contributed by atoms with E-state index >= 15 is 0 Å². The molecule has 0 radical (unpaired) electrons. The molecule has 0 fully saturated rings. The maximum Gasteiger partial charge on any atom is 0.0449 e. The van der Waals surface area contributed by atoms with Gasteiger partial charge in [0.15, 0.2) is 0 Å². The van der Waals surface area contributed by atoms with Gasteiger partial charge in [-0.25, -0.2) is 0 Å². The van der Waals surface area contributed by atoms with E-state index in [1.807, 2.05) is 12.1 Å². The van der Waals surface area contributed by atoms with Crippen molar-refractivity contribution in [3.63, 3.8) is 0 Å². The third-order valence-corrected chi connectivity index (χ3v) is 3.70. The van der Waals surface area contributed by atoms with E-state index in [2.05, 4.69) is 42.8 Å². The van der Waals surface area contributed by atoms with Crippen molar-refractivity contribution in [2.75, 3.05) is 0 Å². The molecule has 2 N–H and O–H groups in total. The predicted octanol–water partition coefficient (Wildman–Crippen LogP) is 4.41. The fourth-order valence-electron chi connectivity index (χ4n) is 1.47. The van der Waals surface area contributed by atoms with Crippen LogP contribution >= 0.6 is 27.5 Å². The summed E-state index contributed by atoms with van der Waals surface area (Å²) in [5, 5.41) is 0.815. The highest BCUT2D eigenvalue weighted by Crippen LogP contribution is 2.25. The second-order valence-corrected chi connectivity index (χ2v) is 6.57. The summed E-state index contributed by atoms with van der Waals surface area (Å²) < 4.78 is 1.02. The average molecular weight is 305 g/mol. The van der Waals surface area contributed by atoms with E-state index in [9.17, 15) is 0 Å². The Hall–Kier alpha value is -0.0500. The molecule has 0 aliphatic rings. The molecule has 1 aromatic carbocycles. The Labute approximate surface area is 111 Å². The number of benzene rings is 1. The second kappa shape index (κ2) is 5.52. The zero-order valence-electron chi connectivity index (χ0n) is 10.1. The van der Waals surface area contributed by atoms with Gasteiger partial charge >= 0.3 is 0 Å². The topological polar surface area (TPSA) is 26.0 Å². The fraction of sp³-hybridized carbons (Fsp3) is 0.538. The van der Waals surface area contributed by atoms with Gasteiger partial charge in [-0.1, -0.05) is 54.4 Å². The van der Waals surface area contributed by atoms with Crippen LogP contribution in [0.4, 0.5) is 0 Å². The lowest BCUT2D eigenvalue weighted by molar-refractivity contribution is 0.306. The molecule has 0 heterocycles. The summed E-state index contributed by atoms with van der Waals surface area (Å²) in [6, 6.07) is 6.21. The zero-order chi connectivity index (χ0) is 12.3. The minimum absolute atomic E-state index is 0.155. The van der Waals surface area contributed by atoms with Gasteiger partial charge in [0.1, 0.15) is 0 Å². The molecular weight excluding hydrogens is 286 g/mol. The summed E-state index contributed by atoms with van der Waals surface area (Å²) in [5.74, 6) is 0. The first-order chi connectivity index (χ1) is 7.30. The maximum atomic E-state index is 6.16. The molecule has 0 aromatic heterocycles. The number of nitrogens with two attached hydrogens (primary N) is 1. The number of aryl methyl sites for hydroxylation is 1. The number of hydrogen-bond acceptors (Lipinski definition) is 1. The highest BCUT2D eigenvalue weighted by Gasteiger charge is 2.20. The van der Waals surface area contributed by atoms with Crippen LogP contribution in [0.25, 0.3) is 0 Å². The number of halogens is 2. The smallest absolute Gasteiger partial charge is 0.0449 e. The van der Waals surface area contributed by atoms with Crippen molar-refractivity contribution in [1.29, 1.82) is 0 Å². The molecule has 16 heavy (non-hydrogen) atoms. The molecule has 0 saturated heterocycles. The lowest BCUT2D eigenvalue weighted by Gasteiger charge is -2.27. The van der Waals surface area contributed by atoms with E-state index in [-0.39, 0.29) is 11.5 Å². The highest BCUT2D eigenvalue weighted by molar-refractivity contribution is 9.10. The van der Waals surface area contributed by atoms with Crippen LogP contribution in [0.15, 0.2) is 22.7 Å². The van der Waals surface area contributed by atoms with Crippen LogP contribution in [0.1, 0.15) is 32.8 Å². The normalized spacial score (nSPS) is 13.9. The Balaban J connectivity index is 2.62. The molecule has 0 amide bonds. The maximum absolute atomic E-state index is 6.16. The Morgan fingerprint density at radius 3 is 2.50 bits per heavy atom. The summed E-state index contributed by atoms with van der Waals surface area (Å²) in [5.41, 5.74) is 7.45. The summed E-state index contributed by atoms with van der Waals surface area (Å²) >= 11 is 9.56. The molecular formula is C13H19BrClN. The molecule has 0 spiro atoms. The SMILES string of the molecule is CC(C)(C)C(N)CCc1ccc(Br)cc1Cl. The van der Waals surface area contributed by atoms with Crippen LogP contribution in [0.3, 0.4) is 0 Å². The molecule has 0 saturated carbocycles. The monoisotopic (exact) mass is 303 g/mol. The van der Waals surface area contributed by atoms with Crippen molar-refractivity contribution in [2.45, 2.75) is 39.7 Å². The fourth-order valence-corrected chi connectivity index (χ4v) is 2.24. The molecule has 90 valence electrons. The van der Waals surface area contributed by atoms with E-state index in [4.69, 9.17) is 17.3 Å². The average Bonchev–Trinajstić information content (AvgIpc) is 2.14. The van der Waals surface area contributed by atoms with Crippen LogP contribution in [0, 0.1) is 5.41 Å². The van der Waals surface area contributed by atoms with Crippen molar-refractivity contribution >= 4 is 27.5 Å². The van der Waals surface area contributed by atoms with Crippen LogP contribution < -0.4 is 5.73 Å². The Morgan fingerprint density at radius 2 is 2.00 bits per heavy atom. The van der Waals surface area contributed by atoms with Gasteiger partial charge < -0.3 is 5.73 Å². The lowest BCUT2D eigenvalue weighted by Crippen LogP contribution is -2.35. The minimum Gasteiger partial charge on any atom is -0.327 e. The summed E-state index contributed by atoms with van der Waals surface area (Å²) in [6.45, 7) is 6.50. The van der Waals surface area contributed by atoms with Crippen molar-refractivity contribution in [3.8, 4) is 0 Å². The van der Waals surface area contributed by atoms with Gasteiger partial charge in [-0.05, 0) is 36.0 Å². The van der Waals surface area contributed by atoms with Gasteiger partial charge in [0.2, 0.25) is 0 Å². The number of rotatable bonds is 3. The Kier molecular flexibility index (Phi) is 4.84. The summed E-state index contributed by atoms with van der Waals surface area (Å²) in [4.78, 5) is 0. The largest absolute Gasteiger partial charge is 0.327 e. The Morgan fingerprint density at radius 1 is 1.38 bits per heavy atom. The van der Waals surface area contributed by atoms with Crippen LogP contribution in [-0.4, -0.2) is 6.04 Å². The predicted molar refractivity (Wildman–Crippen MR) is 74.9 cm³/mol. The molecule has 0 aliphatic heterocycles. The lowest BCUT2D eigenvalue weighted by atomic mass is 9.84. The first kappa shape index (κ1) is 14.0.